The molecular weight excluding hydrogens is 223 g/mol. The van der Waals surface area contributed by atoms with Crippen LogP contribution in [0.25, 0.3) is 0 Å². The van der Waals surface area contributed by atoms with E-state index in [1.165, 1.54) is 36.2 Å². The van der Waals surface area contributed by atoms with Crippen molar-refractivity contribution in [1.29, 1.82) is 0 Å². The van der Waals surface area contributed by atoms with E-state index in [1.807, 2.05) is 0 Å². The number of benzene rings is 1. The molecule has 1 aromatic carbocycles. The van der Waals surface area contributed by atoms with Crippen molar-refractivity contribution in [2.45, 2.75) is 0 Å². The summed E-state index contributed by atoms with van der Waals surface area (Å²) in [4.78, 5) is 12.0. The first kappa shape index (κ1) is 11.3. The molecular formula is C12H11FN2O2. The van der Waals surface area contributed by atoms with Crippen LogP contribution in [0.1, 0.15) is 15.9 Å². The number of ketones is 1. The molecule has 2 aromatic rings. The van der Waals surface area contributed by atoms with Crippen LogP contribution in [0.3, 0.4) is 0 Å². The molecule has 0 unspecified atom stereocenters. The summed E-state index contributed by atoms with van der Waals surface area (Å²) in [6.45, 7) is 0. The fraction of sp³-hybridized carbons (Fsp3) is 0.167. The Morgan fingerprint density at radius 3 is 2.76 bits per heavy atom. The number of hydrogen-bond acceptors (Lipinski definition) is 3. The lowest BCUT2D eigenvalue weighted by atomic mass is 10.1. The van der Waals surface area contributed by atoms with Gasteiger partial charge in [0.25, 0.3) is 0 Å². The van der Waals surface area contributed by atoms with Gasteiger partial charge in [0.05, 0.1) is 18.9 Å². The second-order valence-corrected chi connectivity index (χ2v) is 3.58. The Morgan fingerprint density at radius 2 is 2.18 bits per heavy atom. The Hall–Kier alpha value is -2.17. The third-order valence-electron chi connectivity index (χ3n) is 2.38. The fourth-order valence-corrected chi connectivity index (χ4v) is 1.51. The Labute approximate surface area is 97.6 Å². The van der Waals surface area contributed by atoms with Gasteiger partial charge in [-0.05, 0) is 18.2 Å². The highest BCUT2D eigenvalue weighted by Gasteiger charge is 2.13. The number of aryl methyl sites for hydroxylation is 1. The normalized spacial score (nSPS) is 10.3. The zero-order valence-electron chi connectivity index (χ0n) is 9.48. The molecule has 0 atom stereocenters. The molecule has 5 heteroatoms. The molecule has 0 saturated heterocycles. The lowest BCUT2D eigenvalue weighted by Crippen LogP contribution is -2.01. The van der Waals surface area contributed by atoms with Gasteiger partial charge in [-0.2, -0.15) is 5.10 Å². The van der Waals surface area contributed by atoms with Crippen LogP contribution in [0.2, 0.25) is 0 Å². The van der Waals surface area contributed by atoms with Gasteiger partial charge in [0, 0.05) is 18.8 Å². The van der Waals surface area contributed by atoms with E-state index in [1.54, 1.807) is 13.2 Å². The van der Waals surface area contributed by atoms with E-state index in [4.69, 9.17) is 4.74 Å². The SMILES string of the molecule is COc1cc(C(=O)c2cnn(C)c2)ccc1F. The fourth-order valence-electron chi connectivity index (χ4n) is 1.51. The van der Waals surface area contributed by atoms with Crippen molar-refractivity contribution in [1.82, 2.24) is 9.78 Å². The monoisotopic (exact) mass is 234 g/mol. The molecule has 0 fully saturated rings. The summed E-state index contributed by atoms with van der Waals surface area (Å²) in [6, 6.07) is 4.01. The zero-order chi connectivity index (χ0) is 12.4. The number of nitrogens with zero attached hydrogens (tertiary/aromatic N) is 2. The zero-order valence-corrected chi connectivity index (χ0v) is 9.48. The standard InChI is InChI=1S/C12H11FN2O2/c1-15-7-9(6-14-15)12(16)8-3-4-10(13)11(5-8)17-2/h3-7H,1-2H3. The number of aromatic nitrogens is 2. The van der Waals surface area contributed by atoms with E-state index in [0.29, 0.717) is 11.1 Å². The number of halogens is 1. The molecule has 17 heavy (non-hydrogen) atoms. The van der Waals surface area contributed by atoms with E-state index in [2.05, 4.69) is 5.10 Å². The molecule has 0 N–H and O–H groups in total. The van der Waals surface area contributed by atoms with Crippen molar-refractivity contribution in [2.24, 2.45) is 7.05 Å². The van der Waals surface area contributed by atoms with Crippen molar-refractivity contribution < 1.29 is 13.9 Å². The average Bonchev–Trinajstić information content (AvgIpc) is 2.75. The van der Waals surface area contributed by atoms with Gasteiger partial charge in [-0.1, -0.05) is 0 Å². The summed E-state index contributed by atoms with van der Waals surface area (Å²) in [5.41, 5.74) is 0.831. The summed E-state index contributed by atoms with van der Waals surface area (Å²) >= 11 is 0. The lowest BCUT2D eigenvalue weighted by molar-refractivity contribution is 0.103. The quantitative estimate of drug-likeness (QED) is 0.760. The van der Waals surface area contributed by atoms with Gasteiger partial charge in [0.2, 0.25) is 0 Å². The van der Waals surface area contributed by atoms with E-state index in [9.17, 15) is 9.18 Å². The molecule has 0 aliphatic carbocycles. The van der Waals surface area contributed by atoms with Gasteiger partial charge in [-0.25, -0.2) is 4.39 Å². The number of carbonyl (C=O) groups excluding carboxylic acids is 1. The average molecular weight is 234 g/mol. The summed E-state index contributed by atoms with van der Waals surface area (Å²) in [6.07, 6.45) is 3.08. The maximum Gasteiger partial charge on any atom is 0.196 e. The Bertz CT molecular complexity index is 563. The molecule has 0 spiro atoms. The highest BCUT2D eigenvalue weighted by atomic mass is 19.1. The molecule has 2 rings (SSSR count). The first-order chi connectivity index (χ1) is 8.11. The second-order valence-electron chi connectivity index (χ2n) is 3.58. The third kappa shape index (κ3) is 2.18. The topological polar surface area (TPSA) is 44.1 Å². The molecule has 1 heterocycles. The largest absolute Gasteiger partial charge is 0.494 e. The number of ether oxygens (including phenoxy) is 1. The van der Waals surface area contributed by atoms with Gasteiger partial charge in [-0.3, -0.25) is 9.48 Å². The molecule has 0 saturated carbocycles. The first-order valence-corrected chi connectivity index (χ1v) is 4.98. The van der Waals surface area contributed by atoms with Crippen LogP contribution in [0.15, 0.2) is 30.6 Å². The highest BCUT2D eigenvalue weighted by molar-refractivity contribution is 6.08. The van der Waals surface area contributed by atoms with Crippen molar-refractivity contribution in [3.63, 3.8) is 0 Å². The van der Waals surface area contributed by atoms with Gasteiger partial charge >= 0.3 is 0 Å². The molecule has 0 amide bonds. The van der Waals surface area contributed by atoms with Crippen LogP contribution in [0.5, 0.6) is 5.75 Å². The maximum atomic E-state index is 13.2. The Kier molecular flexibility index (Phi) is 2.91. The summed E-state index contributed by atoms with van der Waals surface area (Å²) in [5.74, 6) is -0.647. The van der Waals surface area contributed by atoms with Gasteiger partial charge in [0.15, 0.2) is 17.3 Å². The van der Waals surface area contributed by atoms with E-state index in [0.717, 1.165) is 0 Å². The van der Waals surface area contributed by atoms with Crippen LogP contribution < -0.4 is 4.74 Å². The van der Waals surface area contributed by atoms with Crippen molar-refractivity contribution in [3.05, 3.63) is 47.5 Å². The second kappa shape index (κ2) is 4.37. The van der Waals surface area contributed by atoms with Crippen molar-refractivity contribution in [2.75, 3.05) is 7.11 Å². The lowest BCUT2D eigenvalue weighted by Gasteiger charge is -2.03. The third-order valence-corrected chi connectivity index (χ3v) is 2.38. The van der Waals surface area contributed by atoms with Crippen LogP contribution in [-0.4, -0.2) is 22.7 Å². The summed E-state index contributed by atoms with van der Waals surface area (Å²) in [7, 11) is 3.08. The molecule has 0 aliphatic heterocycles. The number of methoxy groups -OCH3 is 1. The molecule has 0 radical (unpaired) electrons. The Morgan fingerprint density at radius 1 is 1.41 bits per heavy atom. The number of rotatable bonds is 3. The van der Waals surface area contributed by atoms with Crippen LogP contribution in [-0.2, 0) is 7.05 Å². The number of carbonyl (C=O) groups is 1. The molecule has 0 aliphatic rings. The van der Waals surface area contributed by atoms with Gasteiger partial charge < -0.3 is 4.74 Å². The minimum absolute atomic E-state index is 0.0553. The highest BCUT2D eigenvalue weighted by Crippen LogP contribution is 2.20. The molecule has 88 valence electrons. The van der Waals surface area contributed by atoms with E-state index < -0.39 is 5.82 Å². The minimum atomic E-state index is -0.491. The number of hydrogen-bond donors (Lipinski definition) is 0. The van der Waals surface area contributed by atoms with Crippen LogP contribution >= 0.6 is 0 Å². The van der Waals surface area contributed by atoms with Crippen LogP contribution in [0.4, 0.5) is 4.39 Å². The van der Waals surface area contributed by atoms with Gasteiger partial charge in [-0.15, -0.1) is 0 Å². The summed E-state index contributed by atoms with van der Waals surface area (Å²) < 4.78 is 19.6. The molecule has 0 bridgehead atoms. The predicted molar refractivity (Wildman–Crippen MR) is 59.6 cm³/mol. The Balaban J connectivity index is 2.37. The smallest absolute Gasteiger partial charge is 0.196 e. The molecule has 1 aromatic heterocycles. The minimum Gasteiger partial charge on any atom is -0.494 e. The van der Waals surface area contributed by atoms with Crippen molar-refractivity contribution in [3.8, 4) is 5.75 Å². The first-order valence-electron chi connectivity index (χ1n) is 4.98. The van der Waals surface area contributed by atoms with E-state index in [-0.39, 0.29) is 11.5 Å². The van der Waals surface area contributed by atoms with E-state index >= 15 is 0 Å². The van der Waals surface area contributed by atoms with Crippen LogP contribution in [0, 0.1) is 5.82 Å². The summed E-state index contributed by atoms with van der Waals surface area (Å²) in [5, 5.41) is 3.91. The van der Waals surface area contributed by atoms with Crippen molar-refractivity contribution >= 4 is 5.78 Å². The predicted octanol–water partition coefficient (Wildman–Crippen LogP) is 1.80. The maximum absolute atomic E-state index is 13.2. The van der Waals surface area contributed by atoms with Gasteiger partial charge in [0.1, 0.15) is 0 Å². The molecule has 4 nitrogen and oxygen atoms in total.